The van der Waals surface area contributed by atoms with Crippen LogP contribution in [0.2, 0.25) is 0 Å². The average molecular weight is 338 g/mol. The van der Waals surface area contributed by atoms with Crippen LogP contribution in [0.3, 0.4) is 0 Å². The smallest absolute Gasteiger partial charge is 0.205 e. The van der Waals surface area contributed by atoms with E-state index in [1.165, 1.54) is 12.8 Å². The molecular formula is C19H22N4O2. The van der Waals surface area contributed by atoms with Gasteiger partial charge >= 0.3 is 0 Å². The molecule has 130 valence electrons. The lowest BCUT2D eigenvalue weighted by Crippen LogP contribution is -2.29. The molecule has 0 unspecified atom stereocenters. The largest absolute Gasteiger partial charge is 0.444 e. The molecule has 0 saturated heterocycles. The third-order valence-electron chi connectivity index (χ3n) is 5.46. The summed E-state index contributed by atoms with van der Waals surface area (Å²) in [5, 5.41) is 14.4. The Hall–Kier alpha value is -2.55. The zero-order chi connectivity index (χ0) is 17.6. The number of hydrogen-bond acceptors (Lipinski definition) is 5. The van der Waals surface area contributed by atoms with E-state index >= 15 is 0 Å². The topological polar surface area (TPSA) is 93.9 Å². The van der Waals surface area contributed by atoms with Crippen LogP contribution in [-0.2, 0) is 9.53 Å². The van der Waals surface area contributed by atoms with Crippen LogP contribution in [0.5, 0.6) is 0 Å². The summed E-state index contributed by atoms with van der Waals surface area (Å²) in [5.74, 6) is 0.360. The molecule has 1 aromatic heterocycles. The molecule has 1 atom stereocenters. The number of carbonyl (C=O) groups excluding carboxylic acids is 1. The first-order valence-electron chi connectivity index (χ1n) is 9.00. The quantitative estimate of drug-likeness (QED) is 0.894. The molecule has 2 aliphatic carbocycles. The second kappa shape index (κ2) is 6.07. The van der Waals surface area contributed by atoms with E-state index in [0.29, 0.717) is 35.8 Å². The molecular weight excluding hydrogens is 316 g/mol. The number of rotatable bonds is 2. The van der Waals surface area contributed by atoms with Gasteiger partial charge in [-0.1, -0.05) is 12.8 Å². The van der Waals surface area contributed by atoms with Crippen LogP contribution in [0, 0.1) is 18.3 Å². The van der Waals surface area contributed by atoms with Crippen LogP contribution in [-0.4, -0.2) is 15.6 Å². The second-order valence-electron chi connectivity index (χ2n) is 7.13. The van der Waals surface area contributed by atoms with E-state index in [0.717, 1.165) is 30.7 Å². The highest BCUT2D eigenvalue weighted by Gasteiger charge is 2.40. The minimum atomic E-state index is -0.455. The number of carbonyl (C=O) groups is 1. The van der Waals surface area contributed by atoms with Crippen molar-refractivity contribution < 1.29 is 9.53 Å². The summed E-state index contributed by atoms with van der Waals surface area (Å²) in [6.45, 7) is 1.95. The zero-order valence-corrected chi connectivity index (χ0v) is 14.4. The molecule has 1 fully saturated rings. The molecule has 3 aliphatic rings. The molecule has 2 N–H and O–H groups in total. The van der Waals surface area contributed by atoms with Gasteiger partial charge in [-0.05, 0) is 32.3 Å². The lowest BCUT2D eigenvalue weighted by molar-refractivity contribution is -0.116. The van der Waals surface area contributed by atoms with Crippen molar-refractivity contribution >= 4 is 5.78 Å². The maximum absolute atomic E-state index is 12.7. The Morgan fingerprint density at radius 2 is 2.08 bits per heavy atom. The molecule has 0 bridgehead atoms. The van der Waals surface area contributed by atoms with Gasteiger partial charge in [-0.25, -0.2) is 0 Å². The Labute approximate surface area is 146 Å². The molecule has 6 heteroatoms. The highest BCUT2D eigenvalue weighted by atomic mass is 16.5. The second-order valence-corrected chi connectivity index (χ2v) is 7.13. The van der Waals surface area contributed by atoms with E-state index in [-0.39, 0.29) is 11.7 Å². The van der Waals surface area contributed by atoms with E-state index in [1.54, 1.807) is 0 Å². The Kier molecular flexibility index (Phi) is 3.87. The average Bonchev–Trinajstić information content (AvgIpc) is 3.23. The first-order valence-corrected chi connectivity index (χ1v) is 9.00. The summed E-state index contributed by atoms with van der Waals surface area (Å²) >= 11 is 0. The van der Waals surface area contributed by atoms with Gasteiger partial charge in [0.2, 0.25) is 5.88 Å². The maximum atomic E-state index is 12.7. The van der Waals surface area contributed by atoms with E-state index < -0.39 is 5.92 Å². The zero-order valence-electron chi connectivity index (χ0n) is 14.4. The van der Waals surface area contributed by atoms with Crippen molar-refractivity contribution in [1.29, 1.82) is 5.26 Å². The molecule has 1 aromatic rings. The van der Waals surface area contributed by atoms with Gasteiger partial charge in [-0.15, -0.1) is 0 Å². The Balaban J connectivity index is 1.89. The number of nitrogens with zero attached hydrogens (tertiary/aromatic N) is 3. The fraction of sp³-hybridized carbons (Fsp3) is 0.526. The van der Waals surface area contributed by atoms with Crippen LogP contribution in [0.15, 0.2) is 28.9 Å². The van der Waals surface area contributed by atoms with E-state index in [1.807, 2.05) is 17.7 Å². The first-order chi connectivity index (χ1) is 12.1. The van der Waals surface area contributed by atoms with Crippen LogP contribution >= 0.6 is 0 Å². The Bertz CT molecular complexity index is 834. The van der Waals surface area contributed by atoms with E-state index in [2.05, 4.69) is 6.07 Å². The van der Waals surface area contributed by atoms with E-state index in [9.17, 15) is 10.1 Å². The third kappa shape index (κ3) is 2.55. The third-order valence-corrected chi connectivity index (χ3v) is 5.46. The molecule has 0 aromatic carbocycles. The molecule has 1 aliphatic heterocycles. The summed E-state index contributed by atoms with van der Waals surface area (Å²) in [7, 11) is 0. The molecule has 0 spiro atoms. The lowest BCUT2D eigenvalue weighted by atomic mass is 9.79. The summed E-state index contributed by atoms with van der Waals surface area (Å²) in [6.07, 6.45) is 6.48. The number of allylic oxidation sites excluding steroid dienone is 3. The highest BCUT2D eigenvalue weighted by molar-refractivity contribution is 5.99. The predicted octanol–water partition coefficient (Wildman–Crippen LogP) is 3.12. The van der Waals surface area contributed by atoms with Gasteiger partial charge in [0.25, 0.3) is 0 Å². The number of nitrogens with two attached hydrogens (primary N) is 1. The number of aryl methyl sites for hydroxylation is 1. The maximum Gasteiger partial charge on any atom is 0.205 e. The fourth-order valence-corrected chi connectivity index (χ4v) is 4.35. The molecule has 1 saturated carbocycles. The van der Waals surface area contributed by atoms with Gasteiger partial charge in [0.15, 0.2) is 5.78 Å². The Morgan fingerprint density at radius 1 is 1.32 bits per heavy atom. The van der Waals surface area contributed by atoms with Crippen molar-refractivity contribution in [3.05, 3.63) is 40.2 Å². The summed E-state index contributed by atoms with van der Waals surface area (Å²) in [6, 6.07) is 4.51. The molecule has 6 nitrogen and oxygen atoms in total. The van der Waals surface area contributed by atoms with Crippen molar-refractivity contribution in [1.82, 2.24) is 9.78 Å². The molecule has 0 radical (unpaired) electrons. The minimum Gasteiger partial charge on any atom is -0.444 e. The number of aromatic nitrogens is 2. The standard InChI is InChI=1S/C19H22N4O2/c1-11-9-14(23(22-11)12-5-2-3-6-12)17-13(10-20)19(21)25-16-8-4-7-15(24)18(16)17/h9,12,17H,2-8,21H2,1H3/t17-/m1/s1. The van der Waals surface area contributed by atoms with Crippen LogP contribution in [0.1, 0.15) is 68.3 Å². The fourth-order valence-electron chi connectivity index (χ4n) is 4.35. The van der Waals surface area contributed by atoms with Gasteiger partial charge in [0, 0.05) is 18.4 Å². The predicted molar refractivity (Wildman–Crippen MR) is 91.0 cm³/mol. The van der Waals surface area contributed by atoms with Crippen LogP contribution in [0.25, 0.3) is 0 Å². The van der Waals surface area contributed by atoms with Gasteiger partial charge < -0.3 is 10.5 Å². The van der Waals surface area contributed by atoms with Gasteiger partial charge in [-0.2, -0.15) is 10.4 Å². The molecule has 0 amide bonds. The van der Waals surface area contributed by atoms with Crippen LogP contribution in [0.4, 0.5) is 0 Å². The van der Waals surface area contributed by atoms with Gasteiger partial charge in [-0.3, -0.25) is 9.48 Å². The van der Waals surface area contributed by atoms with Crippen molar-refractivity contribution in [2.24, 2.45) is 5.73 Å². The van der Waals surface area contributed by atoms with Crippen LogP contribution < -0.4 is 5.73 Å². The molecule has 4 rings (SSSR count). The first kappa shape index (κ1) is 15.9. The van der Waals surface area contributed by atoms with Crippen molar-refractivity contribution in [3.63, 3.8) is 0 Å². The highest BCUT2D eigenvalue weighted by Crippen LogP contribution is 2.45. The van der Waals surface area contributed by atoms with E-state index in [4.69, 9.17) is 15.6 Å². The van der Waals surface area contributed by atoms with Gasteiger partial charge in [0.05, 0.1) is 23.3 Å². The van der Waals surface area contributed by atoms with Gasteiger partial charge in [0.1, 0.15) is 17.4 Å². The minimum absolute atomic E-state index is 0.0586. The van der Waals surface area contributed by atoms with Crippen molar-refractivity contribution in [3.8, 4) is 6.07 Å². The molecule has 2 heterocycles. The summed E-state index contributed by atoms with van der Waals surface area (Å²) < 4.78 is 7.69. The Morgan fingerprint density at radius 3 is 2.80 bits per heavy atom. The summed E-state index contributed by atoms with van der Waals surface area (Å²) in [5.41, 5.74) is 8.77. The number of nitriles is 1. The number of Topliss-reactive ketones (excluding diaryl/α,β-unsaturated/α-hetero) is 1. The summed E-state index contributed by atoms with van der Waals surface area (Å²) in [4.78, 5) is 12.7. The monoisotopic (exact) mass is 338 g/mol. The van der Waals surface area contributed by atoms with Crippen molar-refractivity contribution in [2.75, 3.05) is 0 Å². The molecule has 25 heavy (non-hydrogen) atoms. The normalized spacial score (nSPS) is 24.3. The SMILES string of the molecule is Cc1cc([C@H]2C(C#N)=C(N)OC3=C2C(=O)CCC3)n(C2CCCC2)n1. The number of hydrogen-bond donors (Lipinski definition) is 1. The lowest BCUT2D eigenvalue weighted by Gasteiger charge is -2.31. The van der Waals surface area contributed by atoms with Crippen molar-refractivity contribution in [2.45, 2.75) is 63.8 Å². The number of ether oxygens (including phenoxy) is 1. The number of ketones is 1.